The van der Waals surface area contributed by atoms with E-state index in [-0.39, 0.29) is 19.1 Å². The first-order valence-electron chi connectivity index (χ1n) is 7.04. The molecule has 0 bridgehead atoms. The van der Waals surface area contributed by atoms with Crippen LogP contribution in [-0.4, -0.2) is 42.2 Å². The molecule has 0 saturated carbocycles. The second-order valence-electron chi connectivity index (χ2n) is 5.12. The Morgan fingerprint density at radius 2 is 2.33 bits per heavy atom. The van der Waals surface area contributed by atoms with Gasteiger partial charge in [-0.3, -0.25) is 4.79 Å². The summed E-state index contributed by atoms with van der Waals surface area (Å²) in [7, 11) is 0. The molecule has 1 aromatic rings. The maximum atomic E-state index is 12.4. The van der Waals surface area contributed by atoms with E-state index in [1.807, 2.05) is 4.90 Å². The highest BCUT2D eigenvalue weighted by atomic mass is 35.5. The summed E-state index contributed by atoms with van der Waals surface area (Å²) in [5, 5.41) is 9.43. The average Bonchev–Trinajstić information content (AvgIpc) is 2.94. The molecule has 0 aliphatic carbocycles. The molecule has 1 unspecified atom stereocenters. The standard InChI is InChI=1S/C16H19ClN2O2/c17-15-10-14(4-3-13(15)2-1-7-18)16(21)19-8-5-12(11-19)6-9-20/h3-4,10,12,20H,5-9,11,18H2. The summed E-state index contributed by atoms with van der Waals surface area (Å²) in [5.41, 5.74) is 6.58. The molecule has 1 amide bonds. The van der Waals surface area contributed by atoms with Gasteiger partial charge in [0.1, 0.15) is 0 Å². The van der Waals surface area contributed by atoms with Crippen LogP contribution in [0.3, 0.4) is 0 Å². The number of rotatable bonds is 3. The summed E-state index contributed by atoms with van der Waals surface area (Å²) in [4.78, 5) is 14.2. The number of aliphatic hydroxyl groups excluding tert-OH is 1. The van der Waals surface area contributed by atoms with Crippen LogP contribution < -0.4 is 5.73 Å². The summed E-state index contributed by atoms with van der Waals surface area (Å²) < 4.78 is 0. The number of benzene rings is 1. The second kappa shape index (κ2) is 7.46. The van der Waals surface area contributed by atoms with Crippen molar-refractivity contribution in [1.29, 1.82) is 0 Å². The van der Waals surface area contributed by atoms with Gasteiger partial charge in [-0.05, 0) is 37.0 Å². The highest BCUT2D eigenvalue weighted by Crippen LogP contribution is 2.23. The van der Waals surface area contributed by atoms with E-state index in [9.17, 15) is 4.79 Å². The molecule has 1 heterocycles. The topological polar surface area (TPSA) is 66.6 Å². The van der Waals surface area contributed by atoms with E-state index >= 15 is 0 Å². The van der Waals surface area contributed by atoms with E-state index in [2.05, 4.69) is 11.8 Å². The molecule has 4 nitrogen and oxygen atoms in total. The molecule has 21 heavy (non-hydrogen) atoms. The van der Waals surface area contributed by atoms with Crippen molar-refractivity contribution in [3.63, 3.8) is 0 Å². The van der Waals surface area contributed by atoms with Gasteiger partial charge in [0.25, 0.3) is 5.91 Å². The van der Waals surface area contributed by atoms with Gasteiger partial charge >= 0.3 is 0 Å². The Morgan fingerprint density at radius 3 is 3.00 bits per heavy atom. The van der Waals surface area contributed by atoms with Gasteiger partial charge in [-0.15, -0.1) is 0 Å². The van der Waals surface area contributed by atoms with E-state index in [1.54, 1.807) is 18.2 Å². The van der Waals surface area contributed by atoms with Gasteiger partial charge < -0.3 is 15.7 Å². The maximum absolute atomic E-state index is 12.4. The summed E-state index contributed by atoms with van der Waals surface area (Å²) in [6.45, 7) is 1.88. The fourth-order valence-electron chi connectivity index (χ4n) is 2.51. The number of carbonyl (C=O) groups excluding carboxylic acids is 1. The summed E-state index contributed by atoms with van der Waals surface area (Å²) >= 11 is 6.15. The van der Waals surface area contributed by atoms with Gasteiger partial charge in [0.2, 0.25) is 0 Å². The predicted molar refractivity (Wildman–Crippen MR) is 83.1 cm³/mol. The molecule has 0 aromatic heterocycles. The molecular weight excluding hydrogens is 288 g/mol. The number of hydrogen-bond acceptors (Lipinski definition) is 3. The molecule has 5 heteroatoms. The highest BCUT2D eigenvalue weighted by Gasteiger charge is 2.26. The van der Waals surface area contributed by atoms with Crippen molar-refractivity contribution in [1.82, 2.24) is 4.90 Å². The first kappa shape index (κ1) is 15.8. The van der Waals surface area contributed by atoms with Crippen LogP contribution in [0.1, 0.15) is 28.8 Å². The number of halogens is 1. The second-order valence-corrected chi connectivity index (χ2v) is 5.53. The van der Waals surface area contributed by atoms with Gasteiger partial charge in [0.05, 0.1) is 11.6 Å². The smallest absolute Gasteiger partial charge is 0.253 e. The van der Waals surface area contributed by atoms with Crippen LogP contribution in [0.25, 0.3) is 0 Å². The van der Waals surface area contributed by atoms with Crippen LogP contribution >= 0.6 is 11.6 Å². The van der Waals surface area contributed by atoms with E-state index in [4.69, 9.17) is 22.4 Å². The molecule has 1 aliphatic rings. The van der Waals surface area contributed by atoms with Crippen LogP contribution in [0, 0.1) is 17.8 Å². The fraction of sp³-hybridized carbons (Fsp3) is 0.438. The molecule has 1 aromatic carbocycles. The number of nitrogens with two attached hydrogens (primary N) is 1. The quantitative estimate of drug-likeness (QED) is 0.832. The Morgan fingerprint density at radius 1 is 1.52 bits per heavy atom. The molecular formula is C16H19ClN2O2. The third-order valence-electron chi connectivity index (χ3n) is 3.65. The first-order valence-corrected chi connectivity index (χ1v) is 7.42. The van der Waals surface area contributed by atoms with Crippen molar-refractivity contribution < 1.29 is 9.90 Å². The maximum Gasteiger partial charge on any atom is 0.253 e. The van der Waals surface area contributed by atoms with E-state index in [1.165, 1.54) is 0 Å². The van der Waals surface area contributed by atoms with Gasteiger partial charge in [-0.1, -0.05) is 23.4 Å². The largest absolute Gasteiger partial charge is 0.396 e. The third kappa shape index (κ3) is 3.98. The Hall–Kier alpha value is -1.54. The zero-order valence-corrected chi connectivity index (χ0v) is 12.6. The summed E-state index contributed by atoms with van der Waals surface area (Å²) in [6, 6.07) is 5.15. The van der Waals surface area contributed by atoms with Crippen LogP contribution in [0.5, 0.6) is 0 Å². The van der Waals surface area contributed by atoms with Gasteiger partial charge in [0.15, 0.2) is 0 Å². The van der Waals surface area contributed by atoms with Crippen LogP contribution in [0.4, 0.5) is 0 Å². The number of carbonyl (C=O) groups is 1. The molecule has 1 aliphatic heterocycles. The number of hydrogen-bond donors (Lipinski definition) is 2. The van der Waals surface area contributed by atoms with Crippen LogP contribution in [0.15, 0.2) is 18.2 Å². The summed E-state index contributed by atoms with van der Waals surface area (Å²) in [6.07, 6.45) is 1.69. The Kier molecular flexibility index (Phi) is 5.63. The SMILES string of the molecule is NCC#Cc1ccc(C(=O)N2CCC(CCO)C2)cc1Cl. The predicted octanol–water partition coefficient (Wildman–Crippen LogP) is 1.49. The molecule has 2 rings (SSSR count). The molecule has 0 spiro atoms. The lowest BCUT2D eigenvalue weighted by atomic mass is 10.1. The minimum absolute atomic E-state index is 0.0179. The van der Waals surface area contributed by atoms with Crippen LogP contribution in [0.2, 0.25) is 5.02 Å². The number of likely N-dealkylation sites (tertiary alicyclic amines) is 1. The Labute approximate surface area is 129 Å². The van der Waals surface area contributed by atoms with Gasteiger partial charge in [0, 0.05) is 30.8 Å². The van der Waals surface area contributed by atoms with Crippen molar-refractivity contribution in [2.75, 3.05) is 26.2 Å². The zero-order valence-electron chi connectivity index (χ0n) is 11.8. The van der Waals surface area contributed by atoms with Gasteiger partial charge in [-0.25, -0.2) is 0 Å². The normalized spacial score (nSPS) is 17.5. The first-order chi connectivity index (χ1) is 10.2. The minimum Gasteiger partial charge on any atom is -0.396 e. The monoisotopic (exact) mass is 306 g/mol. The molecule has 1 atom stereocenters. The molecule has 1 fully saturated rings. The number of aliphatic hydroxyl groups is 1. The Balaban J connectivity index is 2.08. The Bertz CT molecular complexity index is 577. The van der Waals surface area contributed by atoms with Crippen molar-refractivity contribution >= 4 is 17.5 Å². The lowest BCUT2D eigenvalue weighted by Gasteiger charge is -2.16. The van der Waals surface area contributed by atoms with E-state index in [0.717, 1.165) is 19.4 Å². The molecule has 3 N–H and O–H groups in total. The molecule has 0 radical (unpaired) electrons. The molecule has 112 valence electrons. The fourth-order valence-corrected chi connectivity index (χ4v) is 2.74. The lowest BCUT2D eigenvalue weighted by molar-refractivity contribution is 0.0784. The lowest BCUT2D eigenvalue weighted by Crippen LogP contribution is -2.28. The van der Waals surface area contributed by atoms with E-state index in [0.29, 0.717) is 28.6 Å². The van der Waals surface area contributed by atoms with Crippen LogP contribution in [-0.2, 0) is 0 Å². The van der Waals surface area contributed by atoms with Crippen molar-refractivity contribution in [3.8, 4) is 11.8 Å². The summed E-state index contributed by atoms with van der Waals surface area (Å²) in [5.74, 6) is 5.99. The number of nitrogens with zero attached hydrogens (tertiary/aromatic N) is 1. The van der Waals surface area contributed by atoms with Gasteiger partial charge in [-0.2, -0.15) is 0 Å². The average molecular weight is 307 g/mol. The highest BCUT2D eigenvalue weighted by molar-refractivity contribution is 6.32. The zero-order chi connectivity index (χ0) is 15.2. The van der Waals surface area contributed by atoms with Crippen molar-refractivity contribution in [3.05, 3.63) is 34.3 Å². The third-order valence-corrected chi connectivity index (χ3v) is 3.96. The van der Waals surface area contributed by atoms with Crippen molar-refractivity contribution in [2.24, 2.45) is 11.7 Å². The number of amides is 1. The molecule has 1 saturated heterocycles. The van der Waals surface area contributed by atoms with E-state index < -0.39 is 0 Å². The minimum atomic E-state index is -0.0179. The van der Waals surface area contributed by atoms with Crippen molar-refractivity contribution in [2.45, 2.75) is 12.8 Å².